The molecule has 0 atom stereocenters. The van der Waals surface area contributed by atoms with Crippen molar-refractivity contribution < 1.29 is 4.74 Å². The molecule has 2 aromatic rings. The van der Waals surface area contributed by atoms with Crippen LogP contribution in [0.3, 0.4) is 0 Å². The molecule has 0 saturated carbocycles. The standard InChI is InChI=1S/C17H19N2O/c18-17-3-1-2-16(12-17)15-6-4-14(5-7-15)13-19-8-10-20-11-9-19/h1-2,4-7,12H,8-11,13,18H2. The number of ether oxygens (including phenoxy) is 1. The summed E-state index contributed by atoms with van der Waals surface area (Å²) >= 11 is 0. The molecule has 0 bridgehead atoms. The maximum Gasteiger partial charge on any atom is 0.0594 e. The lowest BCUT2D eigenvalue weighted by Crippen LogP contribution is -2.35. The molecule has 1 aliphatic heterocycles. The van der Waals surface area contributed by atoms with Crippen LogP contribution in [0.4, 0.5) is 5.69 Å². The van der Waals surface area contributed by atoms with E-state index in [4.69, 9.17) is 10.5 Å². The summed E-state index contributed by atoms with van der Waals surface area (Å²) in [5.41, 5.74) is 10.1. The Labute approximate surface area is 120 Å². The zero-order valence-corrected chi connectivity index (χ0v) is 11.5. The highest BCUT2D eigenvalue weighted by Crippen LogP contribution is 2.22. The molecule has 0 amide bonds. The molecular weight excluding hydrogens is 248 g/mol. The lowest BCUT2D eigenvalue weighted by Gasteiger charge is -2.26. The van der Waals surface area contributed by atoms with E-state index in [1.165, 1.54) is 11.1 Å². The monoisotopic (exact) mass is 267 g/mol. The quantitative estimate of drug-likeness (QED) is 0.869. The van der Waals surface area contributed by atoms with E-state index in [0.29, 0.717) is 5.69 Å². The molecule has 0 aromatic heterocycles. The van der Waals surface area contributed by atoms with Gasteiger partial charge in [-0.2, -0.15) is 0 Å². The first-order chi connectivity index (χ1) is 9.81. The second-order valence-corrected chi connectivity index (χ2v) is 5.12. The van der Waals surface area contributed by atoms with Crippen molar-refractivity contribution in [2.75, 3.05) is 32.0 Å². The van der Waals surface area contributed by atoms with E-state index in [-0.39, 0.29) is 0 Å². The molecule has 2 aromatic carbocycles. The molecule has 20 heavy (non-hydrogen) atoms. The van der Waals surface area contributed by atoms with Crippen LogP contribution in [0.5, 0.6) is 0 Å². The molecule has 103 valence electrons. The maximum absolute atomic E-state index is 5.78. The fourth-order valence-electron chi connectivity index (χ4n) is 2.48. The van der Waals surface area contributed by atoms with Gasteiger partial charge >= 0.3 is 0 Å². The largest absolute Gasteiger partial charge is 0.398 e. The van der Waals surface area contributed by atoms with Gasteiger partial charge in [0.15, 0.2) is 0 Å². The van der Waals surface area contributed by atoms with Gasteiger partial charge in [-0.3, -0.25) is 4.90 Å². The van der Waals surface area contributed by atoms with Gasteiger partial charge in [0.1, 0.15) is 0 Å². The molecule has 1 radical (unpaired) electrons. The van der Waals surface area contributed by atoms with Crippen LogP contribution in [0.1, 0.15) is 5.56 Å². The minimum Gasteiger partial charge on any atom is -0.398 e. The van der Waals surface area contributed by atoms with Gasteiger partial charge in [-0.15, -0.1) is 0 Å². The molecule has 1 aliphatic rings. The first-order valence-corrected chi connectivity index (χ1v) is 6.98. The fourth-order valence-corrected chi connectivity index (χ4v) is 2.48. The second kappa shape index (κ2) is 6.07. The van der Waals surface area contributed by atoms with Crippen molar-refractivity contribution in [2.24, 2.45) is 0 Å². The van der Waals surface area contributed by atoms with Gasteiger partial charge in [-0.1, -0.05) is 36.4 Å². The van der Waals surface area contributed by atoms with Gasteiger partial charge in [0.25, 0.3) is 0 Å². The van der Waals surface area contributed by atoms with Crippen molar-refractivity contribution in [1.82, 2.24) is 4.90 Å². The van der Waals surface area contributed by atoms with Gasteiger partial charge in [0, 0.05) is 31.4 Å². The van der Waals surface area contributed by atoms with Crippen LogP contribution in [0.25, 0.3) is 11.1 Å². The third-order valence-electron chi connectivity index (χ3n) is 3.62. The first-order valence-electron chi connectivity index (χ1n) is 6.98. The number of hydrogen-bond acceptors (Lipinski definition) is 3. The third-order valence-corrected chi connectivity index (χ3v) is 3.62. The third kappa shape index (κ3) is 3.18. The summed E-state index contributed by atoms with van der Waals surface area (Å²) in [6.07, 6.45) is 0. The topological polar surface area (TPSA) is 38.5 Å². The van der Waals surface area contributed by atoms with E-state index >= 15 is 0 Å². The molecule has 2 N–H and O–H groups in total. The van der Waals surface area contributed by atoms with E-state index in [9.17, 15) is 0 Å². The smallest absolute Gasteiger partial charge is 0.0594 e. The second-order valence-electron chi connectivity index (χ2n) is 5.12. The van der Waals surface area contributed by atoms with E-state index in [2.05, 4.69) is 35.2 Å². The summed E-state index contributed by atoms with van der Waals surface area (Å²) < 4.78 is 5.37. The Morgan fingerprint density at radius 3 is 2.50 bits per heavy atom. The molecule has 3 rings (SSSR count). The summed E-state index contributed by atoms with van der Waals surface area (Å²) in [5.74, 6) is 0. The van der Waals surface area contributed by atoms with Crippen LogP contribution in [0.15, 0.2) is 42.5 Å². The van der Waals surface area contributed by atoms with E-state index in [1.54, 1.807) is 0 Å². The molecule has 1 fully saturated rings. The average Bonchev–Trinajstić information content (AvgIpc) is 2.49. The highest BCUT2D eigenvalue weighted by Gasteiger charge is 2.10. The van der Waals surface area contributed by atoms with Crippen molar-refractivity contribution in [3.05, 3.63) is 54.1 Å². The summed E-state index contributed by atoms with van der Waals surface area (Å²) in [6, 6.07) is 17.5. The number of hydrogen-bond donors (Lipinski definition) is 1. The van der Waals surface area contributed by atoms with E-state index in [0.717, 1.165) is 38.4 Å². The number of benzene rings is 2. The molecule has 1 heterocycles. The zero-order valence-electron chi connectivity index (χ0n) is 11.5. The van der Waals surface area contributed by atoms with Crippen LogP contribution < -0.4 is 5.73 Å². The highest BCUT2D eigenvalue weighted by molar-refractivity contribution is 5.67. The Balaban J connectivity index is 1.71. The number of morpholine rings is 1. The summed E-state index contributed by atoms with van der Waals surface area (Å²) in [7, 11) is 0. The Hall–Kier alpha value is -1.84. The van der Waals surface area contributed by atoms with Crippen LogP contribution >= 0.6 is 0 Å². The minimum atomic E-state index is 0.680. The minimum absolute atomic E-state index is 0.680. The van der Waals surface area contributed by atoms with Crippen LogP contribution in [0.2, 0.25) is 0 Å². The van der Waals surface area contributed by atoms with Crippen molar-refractivity contribution in [3.63, 3.8) is 0 Å². The molecule has 3 nitrogen and oxygen atoms in total. The summed E-state index contributed by atoms with van der Waals surface area (Å²) in [6.45, 7) is 4.73. The SMILES string of the molecule is Nc1[c]ccc(-c2ccc(CN3CCOCC3)cc2)c1. The van der Waals surface area contributed by atoms with Crippen molar-refractivity contribution in [1.29, 1.82) is 0 Å². The summed E-state index contributed by atoms with van der Waals surface area (Å²) in [4.78, 5) is 2.42. The van der Waals surface area contributed by atoms with Crippen LogP contribution in [-0.2, 0) is 11.3 Å². The Morgan fingerprint density at radius 1 is 1.05 bits per heavy atom. The molecule has 0 aliphatic carbocycles. The maximum atomic E-state index is 5.78. The normalized spacial score (nSPS) is 16.2. The van der Waals surface area contributed by atoms with Crippen molar-refractivity contribution >= 4 is 5.69 Å². The Bertz CT molecular complexity index is 559. The Kier molecular flexibility index (Phi) is 4.00. The van der Waals surface area contributed by atoms with Crippen molar-refractivity contribution in [3.8, 4) is 11.1 Å². The molecular formula is C17H19N2O. The van der Waals surface area contributed by atoms with Gasteiger partial charge in [0.2, 0.25) is 0 Å². The predicted octanol–water partition coefficient (Wildman–Crippen LogP) is 2.57. The number of anilines is 1. The summed E-state index contributed by atoms with van der Waals surface area (Å²) in [5, 5.41) is 0. The number of nitrogens with zero attached hydrogens (tertiary/aromatic N) is 1. The van der Waals surface area contributed by atoms with E-state index < -0.39 is 0 Å². The average molecular weight is 267 g/mol. The van der Waals surface area contributed by atoms with Crippen LogP contribution in [-0.4, -0.2) is 31.2 Å². The Morgan fingerprint density at radius 2 is 1.80 bits per heavy atom. The van der Waals surface area contributed by atoms with E-state index in [1.807, 2.05) is 18.2 Å². The predicted molar refractivity (Wildman–Crippen MR) is 81.2 cm³/mol. The molecule has 0 unspecified atom stereocenters. The highest BCUT2D eigenvalue weighted by atomic mass is 16.5. The van der Waals surface area contributed by atoms with Gasteiger partial charge in [0.05, 0.1) is 13.2 Å². The van der Waals surface area contributed by atoms with Gasteiger partial charge in [-0.05, 0) is 22.8 Å². The lowest BCUT2D eigenvalue weighted by atomic mass is 10.0. The van der Waals surface area contributed by atoms with Crippen LogP contribution in [0, 0.1) is 6.07 Å². The molecule has 3 heteroatoms. The molecule has 0 spiro atoms. The zero-order chi connectivity index (χ0) is 13.8. The number of rotatable bonds is 3. The molecule has 1 saturated heterocycles. The van der Waals surface area contributed by atoms with Gasteiger partial charge in [-0.25, -0.2) is 0 Å². The number of nitrogen functional groups attached to an aromatic ring is 1. The number of nitrogens with two attached hydrogens (primary N) is 1. The first kappa shape index (κ1) is 13.2. The lowest BCUT2D eigenvalue weighted by molar-refractivity contribution is 0.0342. The van der Waals surface area contributed by atoms with Gasteiger partial charge < -0.3 is 10.5 Å². The fraction of sp³-hybridized carbons (Fsp3) is 0.294. The van der Waals surface area contributed by atoms with Crippen molar-refractivity contribution in [2.45, 2.75) is 6.54 Å².